The third kappa shape index (κ3) is 4.44. The Morgan fingerprint density at radius 1 is 1.47 bits per heavy atom. The Morgan fingerprint density at radius 2 is 2.27 bits per heavy atom. The standard InChI is InChI=1S/C11H21N3O/c1-3-4-6-14(8-9-15)10-11-5-7-13(2)12-11/h5,7,15H,3-4,6,8-10H2,1-2H3. The fraction of sp³-hybridized carbons (Fsp3) is 0.727. The number of hydrogen-bond acceptors (Lipinski definition) is 3. The molecule has 0 radical (unpaired) electrons. The predicted molar refractivity (Wildman–Crippen MR) is 60.5 cm³/mol. The summed E-state index contributed by atoms with van der Waals surface area (Å²) in [6, 6.07) is 2.02. The van der Waals surface area contributed by atoms with E-state index >= 15 is 0 Å². The second kappa shape index (κ2) is 6.58. The van der Waals surface area contributed by atoms with Gasteiger partial charge in [-0.1, -0.05) is 13.3 Å². The summed E-state index contributed by atoms with van der Waals surface area (Å²) in [4.78, 5) is 2.24. The molecule has 0 bridgehead atoms. The molecule has 1 rings (SSSR count). The van der Waals surface area contributed by atoms with Gasteiger partial charge in [-0.25, -0.2) is 0 Å². The molecule has 15 heavy (non-hydrogen) atoms. The SMILES string of the molecule is CCCCN(CCO)Cc1ccn(C)n1. The Labute approximate surface area is 91.5 Å². The minimum atomic E-state index is 0.219. The maximum absolute atomic E-state index is 8.95. The van der Waals surface area contributed by atoms with E-state index in [1.165, 1.54) is 12.8 Å². The molecule has 0 atom stereocenters. The molecular weight excluding hydrogens is 190 g/mol. The van der Waals surface area contributed by atoms with E-state index < -0.39 is 0 Å². The molecule has 0 unspecified atom stereocenters. The van der Waals surface area contributed by atoms with Crippen molar-refractivity contribution in [3.8, 4) is 0 Å². The lowest BCUT2D eigenvalue weighted by atomic mass is 10.3. The summed E-state index contributed by atoms with van der Waals surface area (Å²) in [6.07, 6.45) is 4.31. The van der Waals surface area contributed by atoms with Gasteiger partial charge in [0, 0.05) is 26.3 Å². The van der Waals surface area contributed by atoms with Crippen LogP contribution >= 0.6 is 0 Å². The topological polar surface area (TPSA) is 41.3 Å². The molecule has 0 saturated heterocycles. The third-order valence-electron chi connectivity index (χ3n) is 2.40. The highest BCUT2D eigenvalue weighted by molar-refractivity contribution is 4.98. The monoisotopic (exact) mass is 211 g/mol. The molecule has 0 fully saturated rings. The van der Waals surface area contributed by atoms with E-state index in [1.807, 2.05) is 24.0 Å². The Hall–Kier alpha value is -0.870. The van der Waals surface area contributed by atoms with E-state index in [9.17, 15) is 0 Å². The van der Waals surface area contributed by atoms with Gasteiger partial charge in [-0.05, 0) is 19.0 Å². The smallest absolute Gasteiger partial charge is 0.0764 e. The Morgan fingerprint density at radius 3 is 2.80 bits per heavy atom. The fourth-order valence-corrected chi connectivity index (χ4v) is 1.57. The third-order valence-corrected chi connectivity index (χ3v) is 2.40. The molecule has 0 saturated carbocycles. The molecule has 0 aromatic carbocycles. The first kappa shape index (κ1) is 12.2. The predicted octanol–water partition coefficient (Wildman–Crippen LogP) is 1.01. The molecule has 4 nitrogen and oxygen atoms in total. The molecule has 0 aliphatic rings. The highest BCUT2D eigenvalue weighted by Gasteiger charge is 2.06. The van der Waals surface area contributed by atoms with Gasteiger partial charge in [0.2, 0.25) is 0 Å². The fourth-order valence-electron chi connectivity index (χ4n) is 1.57. The molecule has 1 aromatic rings. The quantitative estimate of drug-likeness (QED) is 0.732. The zero-order chi connectivity index (χ0) is 11.1. The van der Waals surface area contributed by atoms with Crippen LogP contribution in [0.3, 0.4) is 0 Å². The van der Waals surface area contributed by atoms with Gasteiger partial charge in [0.1, 0.15) is 0 Å². The van der Waals surface area contributed by atoms with E-state index in [0.29, 0.717) is 0 Å². The van der Waals surface area contributed by atoms with E-state index in [2.05, 4.69) is 16.9 Å². The van der Waals surface area contributed by atoms with Crippen molar-refractivity contribution in [3.63, 3.8) is 0 Å². The number of hydrogen-bond donors (Lipinski definition) is 1. The first-order valence-corrected chi connectivity index (χ1v) is 5.58. The van der Waals surface area contributed by atoms with Crippen LogP contribution in [0.4, 0.5) is 0 Å². The van der Waals surface area contributed by atoms with E-state index in [-0.39, 0.29) is 6.61 Å². The number of unbranched alkanes of at least 4 members (excludes halogenated alkanes) is 1. The summed E-state index contributed by atoms with van der Waals surface area (Å²) < 4.78 is 1.81. The number of nitrogens with zero attached hydrogens (tertiary/aromatic N) is 3. The number of aliphatic hydroxyl groups is 1. The molecule has 0 spiro atoms. The van der Waals surface area contributed by atoms with Crippen molar-refractivity contribution in [1.29, 1.82) is 0 Å². The minimum absolute atomic E-state index is 0.219. The summed E-state index contributed by atoms with van der Waals surface area (Å²) in [5.41, 5.74) is 1.07. The first-order chi connectivity index (χ1) is 7.26. The highest BCUT2D eigenvalue weighted by Crippen LogP contribution is 2.03. The molecule has 1 N–H and O–H groups in total. The second-order valence-electron chi connectivity index (χ2n) is 3.83. The average Bonchev–Trinajstić information content (AvgIpc) is 2.61. The Bertz CT molecular complexity index is 273. The van der Waals surface area contributed by atoms with E-state index in [1.54, 1.807) is 0 Å². The molecule has 0 aliphatic carbocycles. The lowest BCUT2D eigenvalue weighted by Crippen LogP contribution is -2.27. The van der Waals surface area contributed by atoms with Gasteiger partial charge in [0.15, 0.2) is 0 Å². The Balaban J connectivity index is 2.42. The molecular formula is C11H21N3O. The molecule has 86 valence electrons. The maximum Gasteiger partial charge on any atom is 0.0764 e. The van der Waals surface area contributed by atoms with Crippen molar-refractivity contribution in [2.24, 2.45) is 7.05 Å². The summed E-state index contributed by atoms with van der Waals surface area (Å²) in [5.74, 6) is 0. The van der Waals surface area contributed by atoms with Gasteiger partial charge in [0.25, 0.3) is 0 Å². The number of aliphatic hydroxyl groups excluding tert-OH is 1. The number of aromatic nitrogens is 2. The summed E-state index contributed by atoms with van der Waals surface area (Å²) in [5, 5.41) is 13.3. The largest absolute Gasteiger partial charge is 0.395 e. The molecule has 1 heterocycles. The van der Waals surface area contributed by atoms with Crippen molar-refractivity contribution in [1.82, 2.24) is 14.7 Å². The summed E-state index contributed by atoms with van der Waals surface area (Å²) in [6.45, 7) is 5.00. The second-order valence-corrected chi connectivity index (χ2v) is 3.83. The van der Waals surface area contributed by atoms with Crippen LogP contribution < -0.4 is 0 Å². The van der Waals surface area contributed by atoms with Gasteiger partial charge >= 0.3 is 0 Å². The van der Waals surface area contributed by atoms with Crippen molar-refractivity contribution in [2.45, 2.75) is 26.3 Å². The lowest BCUT2D eigenvalue weighted by molar-refractivity contribution is 0.186. The molecule has 0 amide bonds. The minimum Gasteiger partial charge on any atom is -0.395 e. The molecule has 0 aliphatic heterocycles. The summed E-state index contributed by atoms with van der Waals surface area (Å²) >= 11 is 0. The van der Waals surface area contributed by atoms with Crippen LogP contribution in [0.25, 0.3) is 0 Å². The van der Waals surface area contributed by atoms with Gasteiger partial charge < -0.3 is 5.11 Å². The van der Waals surface area contributed by atoms with Gasteiger partial charge in [-0.3, -0.25) is 9.58 Å². The van der Waals surface area contributed by atoms with Crippen molar-refractivity contribution >= 4 is 0 Å². The van der Waals surface area contributed by atoms with Crippen LogP contribution in [0.2, 0.25) is 0 Å². The maximum atomic E-state index is 8.95. The number of aryl methyl sites for hydroxylation is 1. The van der Waals surface area contributed by atoms with Crippen LogP contribution in [0, 0.1) is 0 Å². The average molecular weight is 211 g/mol. The van der Waals surface area contributed by atoms with E-state index in [4.69, 9.17) is 5.11 Å². The zero-order valence-corrected chi connectivity index (χ0v) is 9.69. The molecule has 1 aromatic heterocycles. The van der Waals surface area contributed by atoms with E-state index in [0.717, 1.165) is 25.3 Å². The van der Waals surface area contributed by atoms with Crippen LogP contribution in [0.1, 0.15) is 25.5 Å². The van der Waals surface area contributed by atoms with Crippen LogP contribution in [0.5, 0.6) is 0 Å². The van der Waals surface area contributed by atoms with Crippen molar-refractivity contribution in [3.05, 3.63) is 18.0 Å². The van der Waals surface area contributed by atoms with Gasteiger partial charge in [0.05, 0.1) is 12.3 Å². The van der Waals surface area contributed by atoms with Crippen LogP contribution in [-0.2, 0) is 13.6 Å². The zero-order valence-electron chi connectivity index (χ0n) is 9.69. The first-order valence-electron chi connectivity index (χ1n) is 5.58. The van der Waals surface area contributed by atoms with Crippen LogP contribution in [-0.4, -0.2) is 39.5 Å². The lowest BCUT2D eigenvalue weighted by Gasteiger charge is -2.19. The van der Waals surface area contributed by atoms with Crippen LogP contribution in [0.15, 0.2) is 12.3 Å². The van der Waals surface area contributed by atoms with Gasteiger partial charge in [-0.2, -0.15) is 5.10 Å². The number of rotatable bonds is 7. The highest BCUT2D eigenvalue weighted by atomic mass is 16.3. The van der Waals surface area contributed by atoms with Crippen molar-refractivity contribution < 1.29 is 5.11 Å². The summed E-state index contributed by atoms with van der Waals surface area (Å²) in [7, 11) is 1.92. The molecule has 4 heteroatoms. The van der Waals surface area contributed by atoms with Crippen molar-refractivity contribution in [2.75, 3.05) is 19.7 Å². The normalized spacial score (nSPS) is 11.2. The Kier molecular flexibility index (Phi) is 5.36. The van der Waals surface area contributed by atoms with Gasteiger partial charge in [-0.15, -0.1) is 0 Å².